The van der Waals surface area contributed by atoms with Crippen molar-refractivity contribution in [2.75, 3.05) is 11.9 Å². The van der Waals surface area contributed by atoms with Crippen molar-refractivity contribution in [2.45, 2.75) is 90.3 Å². The van der Waals surface area contributed by atoms with Crippen molar-refractivity contribution in [2.24, 2.45) is 5.92 Å². The fourth-order valence-corrected chi connectivity index (χ4v) is 5.82. The van der Waals surface area contributed by atoms with E-state index in [9.17, 15) is 0 Å². The van der Waals surface area contributed by atoms with Crippen molar-refractivity contribution in [3.8, 4) is 5.75 Å². The first-order chi connectivity index (χ1) is 18.5. The monoisotopic (exact) mass is 513 g/mol. The van der Waals surface area contributed by atoms with Crippen LogP contribution in [0.15, 0.2) is 72.8 Å². The fourth-order valence-electron chi connectivity index (χ4n) is 5.82. The summed E-state index contributed by atoms with van der Waals surface area (Å²) in [6.45, 7) is 8.40. The van der Waals surface area contributed by atoms with Crippen LogP contribution in [0.4, 0.5) is 5.69 Å². The van der Waals surface area contributed by atoms with Gasteiger partial charge in [0.05, 0.1) is 6.61 Å². The highest BCUT2D eigenvalue weighted by Gasteiger charge is 2.45. The zero-order valence-electron chi connectivity index (χ0n) is 23.2. The Hall–Kier alpha value is -2.82. The zero-order valence-corrected chi connectivity index (χ0v) is 23.2. The Labute approximate surface area is 228 Å². The molecule has 3 aromatic rings. The van der Waals surface area contributed by atoms with Gasteiger partial charge in [-0.05, 0) is 62.4 Å². The molecular weight excluding hydrogens is 470 g/mol. The summed E-state index contributed by atoms with van der Waals surface area (Å²) in [4.78, 5) is 0. The van der Waals surface area contributed by atoms with Crippen molar-refractivity contribution >= 4 is 5.69 Å². The minimum atomic E-state index is -0.522. The number of aryl methyl sites for hydroxylation is 1. The van der Waals surface area contributed by atoms with Gasteiger partial charge in [-0.25, -0.2) is 0 Å². The van der Waals surface area contributed by atoms with Gasteiger partial charge in [0.2, 0.25) is 0 Å². The molecule has 2 unspecified atom stereocenters. The molecule has 38 heavy (non-hydrogen) atoms. The van der Waals surface area contributed by atoms with Crippen LogP contribution in [0, 0.1) is 12.8 Å². The summed E-state index contributed by atoms with van der Waals surface area (Å²) in [6, 6.07) is 25.4. The number of rotatable bonds is 10. The van der Waals surface area contributed by atoms with Crippen LogP contribution < -0.4 is 10.1 Å². The van der Waals surface area contributed by atoms with Crippen LogP contribution in [-0.4, -0.2) is 18.3 Å². The van der Waals surface area contributed by atoms with Crippen molar-refractivity contribution in [1.82, 2.24) is 0 Å². The highest BCUT2D eigenvalue weighted by atomic mass is 16.6. The van der Waals surface area contributed by atoms with Crippen LogP contribution in [-0.2, 0) is 22.6 Å². The van der Waals surface area contributed by atoms with Gasteiger partial charge >= 0.3 is 0 Å². The van der Waals surface area contributed by atoms with Gasteiger partial charge in [0.1, 0.15) is 23.6 Å². The SMILES string of the molecule is Cc1ccc(COC2C(OCCC3CCCCC3)c3cc(NCc4ccccc4)ccc3OC2(C)C)cc1. The summed E-state index contributed by atoms with van der Waals surface area (Å²) in [6.07, 6.45) is 7.46. The number of hydrogen-bond donors (Lipinski definition) is 1. The standard InChI is InChI=1S/C34H43NO3/c1-25-14-16-28(17-15-25)24-37-33-32(36-21-20-26-10-6-4-7-11-26)30-22-29(18-19-31(30)38-34(33,2)3)35-23-27-12-8-5-9-13-27/h5,8-9,12-19,22,26,32-33,35H,4,6-7,10-11,20-21,23-24H2,1-3H3. The molecule has 1 aliphatic carbocycles. The molecule has 0 bridgehead atoms. The average molecular weight is 514 g/mol. The molecular formula is C34H43NO3. The number of ether oxygens (including phenoxy) is 3. The smallest absolute Gasteiger partial charge is 0.132 e. The lowest BCUT2D eigenvalue weighted by atomic mass is 9.86. The van der Waals surface area contributed by atoms with Crippen molar-refractivity contribution in [3.63, 3.8) is 0 Å². The Balaban J connectivity index is 1.36. The van der Waals surface area contributed by atoms with Crippen LogP contribution in [0.3, 0.4) is 0 Å². The van der Waals surface area contributed by atoms with Crippen molar-refractivity contribution in [1.29, 1.82) is 0 Å². The Morgan fingerprint density at radius 2 is 1.63 bits per heavy atom. The van der Waals surface area contributed by atoms with Gasteiger partial charge in [0.25, 0.3) is 0 Å². The first-order valence-corrected chi connectivity index (χ1v) is 14.4. The molecule has 5 rings (SSSR count). The summed E-state index contributed by atoms with van der Waals surface area (Å²) in [5.74, 6) is 1.67. The normalized spacial score (nSPS) is 20.9. The third kappa shape index (κ3) is 6.78. The maximum absolute atomic E-state index is 6.75. The Kier molecular flexibility index (Phi) is 8.71. The number of hydrogen-bond acceptors (Lipinski definition) is 4. The fraction of sp³-hybridized carbons (Fsp3) is 0.471. The molecule has 0 saturated heterocycles. The van der Waals surface area contributed by atoms with Crippen molar-refractivity contribution < 1.29 is 14.2 Å². The minimum Gasteiger partial charge on any atom is -0.485 e. The number of benzene rings is 3. The maximum Gasteiger partial charge on any atom is 0.132 e. The molecule has 2 atom stereocenters. The third-order valence-electron chi connectivity index (χ3n) is 8.09. The zero-order chi connectivity index (χ0) is 26.4. The van der Waals surface area contributed by atoms with Crippen LogP contribution in [0.5, 0.6) is 5.75 Å². The molecule has 1 N–H and O–H groups in total. The minimum absolute atomic E-state index is 0.193. The van der Waals surface area contributed by atoms with Crippen LogP contribution >= 0.6 is 0 Å². The Morgan fingerprint density at radius 3 is 2.39 bits per heavy atom. The van der Waals surface area contributed by atoms with Crippen molar-refractivity contribution in [3.05, 3.63) is 95.1 Å². The molecule has 0 spiro atoms. The molecule has 3 aromatic carbocycles. The van der Waals surface area contributed by atoms with E-state index in [1.54, 1.807) is 0 Å². The summed E-state index contributed by atoms with van der Waals surface area (Å²) in [5.41, 5.74) is 5.28. The molecule has 1 aliphatic heterocycles. The molecule has 1 fully saturated rings. The van der Waals surface area contributed by atoms with E-state index in [0.717, 1.165) is 48.1 Å². The van der Waals surface area contributed by atoms with E-state index in [0.29, 0.717) is 6.61 Å². The number of fused-ring (bicyclic) bond motifs is 1. The second kappa shape index (κ2) is 12.4. The van der Waals surface area contributed by atoms with E-state index < -0.39 is 5.60 Å². The van der Waals surface area contributed by atoms with Crippen LogP contribution in [0.25, 0.3) is 0 Å². The van der Waals surface area contributed by atoms with Gasteiger partial charge in [0.15, 0.2) is 0 Å². The second-order valence-corrected chi connectivity index (χ2v) is 11.6. The maximum atomic E-state index is 6.75. The molecule has 2 aliphatic rings. The Bertz CT molecular complexity index is 1150. The number of nitrogens with one attached hydrogen (secondary N) is 1. The average Bonchev–Trinajstić information content (AvgIpc) is 2.93. The first kappa shape index (κ1) is 26.8. The highest BCUT2D eigenvalue weighted by molar-refractivity contribution is 5.54. The quantitative estimate of drug-likeness (QED) is 0.295. The Morgan fingerprint density at radius 1 is 0.868 bits per heavy atom. The van der Waals surface area contributed by atoms with Gasteiger partial charge in [0, 0.05) is 24.4 Å². The topological polar surface area (TPSA) is 39.7 Å². The molecule has 1 saturated carbocycles. The lowest BCUT2D eigenvalue weighted by molar-refractivity contribution is -0.168. The predicted octanol–water partition coefficient (Wildman–Crippen LogP) is 8.39. The lowest BCUT2D eigenvalue weighted by Gasteiger charge is -2.44. The van der Waals surface area contributed by atoms with E-state index in [4.69, 9.17) is 14.2 Å². The van der Waals surface area contributed by atoms with E-state index >= 15 is 0 Å². The molecule has 4 heteroatoms. The molecule has 4 nitrogen and oxygen atoms in total. The summed E-state index contributed by atoms with van der Waals surface area (Å²) in [5, 5.41) is 3.59. The second-order valence-electron chi connectivity index (χ2n) is 11.6. The molecule has 0 radical (unpaired) electrons. The molecule has 1 heterocycles. The predicted molar refractivity (Wildman–Crippen MR) is 155 cm³/mol. The van der Waals surface area contributed by atoms with E-state index in [1.807, 2.05) is 6.07 Å². The molecule has 0 aromatic heterocycles. The third-order valence-corrected chi connectivity index (χ3v) is 8.09. The number of anilines is 1. The highest BCUT2D eigenvalue weighted by Crippen LogP contribution is 2.45. The molecule has 0 amide bonds. The first-order valence-electron chi connectivity index (χ1n) is 14.4. The van der Waals surface area contributed by atoms with Gasteiger partial charge < -0.3 is 19.5 Å². The summed E-state index contributed by atoms with van der Waals surface area (Å²) >= 11 is 0. The molecule has 202 valence electrons. The van der Waals surface area contributed by atoms with E-state index in [-0.39, 0.29) is 12.2 Å². The summed E-state index contributed by atoms with van der Waals surface area (Å²) < 4.78 is 19.9. The van der Waals surface area contributed by atoms with E-state index in [2.05, 4.69) is 92.8 Å². The van der Waals surface area contributed by atoms with Gasteiger partial charge in [-0.15, -0.1) is 0 Å². The largest absolute Gasteiger partial charge is 0.485 e. The van der Waals surface area contributed by atoms with Gasteiger partial charge in [-0.3, -0.25) is 0 Å². The van der Waals surface area contributed by atoms with Crippen LogP contribution in [0.1, 0.15) is 80.7 Å². The van der Waals surface area contributed by atoms with Crippen LogP contribution in [0.2, 0.25) is 0 Å². The van der Waals surface area contributed by atoms with Gasteiger partial charge in [-0.1, -0.05) is 92.3 Å². The van der Waals surface area contributed by atoms with E-state index in [1.165, 1.54) is 43.2 Å². The lowest BCUT2D eigenvalue weighted by Crippen LogP contribution is -2.51. The summed E-state index contributed by atoms with van der Waals surface area (Å²) in [7, 11) is 0. The van der Waals surface area contributed by atoms with Gasteiger partial charge in [-0.2, -0.15) is 0 Å².